The van der Waals surface area contributed by atoms with E-state index in [2.05, 4.69) is 0 Å². The normalized spacial score (nSPS) is 17.3. The Kier molecular flexibility index (Phi) is 14.5. The van der Waals surface area contributed by atoms with Crippen LogP contribution in [0.25, 0.3) is 0 Å². The standard InChI is InChI=1S/C20F42O3/c21-2(22,5(27,28)12(42,43)44)8(33,34)18(57,58)63-15(51,52)1(11(39,40)41,16(53,54)64-19(59,60)9(35,36)3(23,24)6(29,30)13(45,46)47)17(55,56)65-20(61,62)10(37,38)4(25,26)7(31,32)14(48,49)50. The van der Waals surface area contributed by atoms with Crippen LogP contribution in [0.2, 0.25) is 0 Å². The summed E-state index contributed by atoms with van der Waals surface area (Å²) < 4.78 is 567. The number of alkyl halides is 42. The maximum absolute atomic E-state index is 14.8. The highest BCUT2D eigenvalue weighted by Gasteiger charge is 3.01. The molecule has 0 bridgehead atoms. The third kappa shape index (κ3) is 8.38. The quantitative estimate of drug-likeness (QED) is 0.128. The maximum atomic E-state index is 14.8. The summed E-state index contributed by atoms with van der Waals surface area (Å²) in [6.07, 6.45) is -98.4. The average Bonchev–Trinajstić information content (AvgIpc) is 2.95. The van der Waals surface area contributed by atoms with Crippen LogP contribution in [0.5, 0.6) is 0 Å². The lowest BCUT2D eigenvalue weighted by atomic mass is 9.81. The second-order valence-corrected chi connectivity index (χ2v) is 11.3. The Balaban J connectivity index is 9.10. The Morgan fingerprint density at radius 3 is 0.385 bits per heavy atom. The zero-order valence-electron chi connectivity index (χ0n) is 27.1. The van der Waals surface area contributed by atoms with Crippen molar-refractivity contribution in [2.24, 2.45) is 5.41 Å². The van der Waals surface area contributed by atoms with Gasteiger partial charge in [-0.3, -0.25) is 0 Å². The van der Waals surface area contributed by atoms with Crippen molar-refractivity contribution in [3.05, 3.63) is 0 Å². The second kappa shape index (κ2) is 15.2. The molecule has 0 saturated carbocycles. The van der Waals surface area contributed by atoms with E-state index in [1.54, 1.807) is 0 Å². The SMILES string of the molecule is FC(F)(F)C(F)(F)C(F)(F)C(F)(F)C(F)(F)OC(F)(F)C(C(F)(F)F)(C(F)(F)OC(F)(F)C(F)(F)C(F)(F)C(F)(F)C(F)(F)F)C(F)(F)OC(F)(F)C(F)(F)C(F)(F)C(F)(F)C(F)(F)F. The van der Waals surface area contributed by atoms with E-state index in [9.17, 15) is 184 Å². The van der Waals surface area contributed by atoms with Crippen molar-refractivity contribution in [3.8, 4) is 0 Å². The van der Waals surface area contributed by atoms with Crippen molar-refractivity contribution in [1.82, 2.24) is 0 Å². The molecule has 0 aromatic rings. The third-order valence-electron chi connectivity index (χ3n) is 7.03. The fraction of sp³-hybridized carbons (Fsp3) is 1.00. The molecule has 3 nitrogen and oxygen atoms in total. The lowest BCUT2D eigenvalue weighted by molar-refractivity contribution is -0.613. The fourth-order valence-electron chi connectivity index (χ4n) is 3.58. The molecule has 0 saturated heterocycles. The summed E-state index contributed by atoms with van der Waals surface area (Å²) in [7, 11) is 0. The Morgan fingerprint density at radius 2 is 0.277 bits per heavy atom. The van der Waals surface area contributed by atoms with Crippen molar-refractivity contribution >= 4 is 0 Å². The molecule has 0 N–H and O–H groups in total. The van der Waals surface area contributed by atoms with Gasteiger partial charge in [-0.2, -0.15) is 184 Å². The Hall–Kier alpha value is -3.06. The molecular weight excluding hydrogens is 1090 g/mol. The smallest absolute Gasteiger partial charge is 0.249 e. The lowest BCUT2D eigenvalue weighted by Gasteiger charge is -2.50. The van der Waals surface area contributed by atoms with Gasteiger partial charge in [-0.15, -0.1) is 0 Å². The first-order valence-electron chi connectivity index (χ1n) is 13.2. The molecule has 0 heterocycles. The van der Waals surface area contributed by atoms with Crippen molar-refractivity contribution in [2.45, 2.75) is 115 Å². The van der Waals surface area contributed by atoms with Crippen LogP contribution in [0, 0.1) is 5.41 Å². The van der Waals surface area contributed by atoms with Crippen LogP contribution >= 0.6 is 0 Å². The van der Waals surface area contributed by atoms with Gasteiger partial charge in [-0.05, 0) is 0 Å². The topological polar surface area (TPSA) is 27.7 Å². The number of rotatable bonds is 18. The van der Waals surface area contributed by atoms with Gasteiger partial charge in [-0.1, -0.05) is 0 Å². The molecule has 0 aliphatic heterocycles. The van der Waals surface area contributed by atoms with Crippen LogP contribution in [0.4, 0.5) is 184 Å². The fourth-order valence-corrected chi connectivity index (χ4v) is 3.58. The van der Waals surface area contributed by atoms with E-state index in [-0.39, 0.29) is 14.2 Å². The molecule has 0 unspecified atom stereocenters. The summed E-state index contributed by atoms with van der Waals surface area (Å²) in [5.41, 5.74) is -11.2. The van der Waals surface area contributed by atoms with E-state index >= 15 is 0 Å². The van der Waals surface area contributed by atoms with Gasteiger partial charge in [-0.25, -0.2) is 14.2 Å². The van der Waals surface area contributed by atoms with Gasteiger partial charge in [0, 0.05) is 0 Å². The molecule has 0 spiro atoms. The summed E-state index contributed by atoms with van der Waals surface area (Å²) in [5, 5.41) is 0. The predicted molar refractivity (Wildman–Crippen MR) is 104 cm³/mol. The molecule has 392 valence electrons. The monoisotopic (exact) mass is 1090 g/mol. The van der Waals surface area contributed by atoms with Crippen LogP contribution in [0.15, 0.2) is 0 Å². The Morgan fingerprint density at radius 1 is 0.138 bits per heavy atom. The maximum Gasteiger partial charge on any atom is 0.460 e. The third-order valence-corrected chi connectivity index (χ3v) is 7.03. The van der Waals surface area contributed by atoms with Gasteiger partial charge in [0.15, 0.2) is 0 Å². The van der Waals surface area contributed by atoms with E-state index in [4.69, 9.17) is 0 Å². The Labute approximate surface area is 320 Å². The number of ether oxygens (including phenoxy) is 3. The van der Waals surface area contributed by atoms with Gasteiger partial charge in [0.05, 0.1) is 0 Å². The number of halogens is 42. The summed E-state index contributed by atoms with van der Waals surface area (Å²) in [5.74, 6) is -85.9. The molecule has 0 aromatic heterocycles. The summed E-state index contributed by atoms with van der Waals surface area (Å²) in [6, 6.07) is 0. The summed E-state index contributed by atoms with van der Waals surface area (Å²) >= 11 is 0. The first-order valence-corrected chi connectivity index (χ1v) is 13.2. The first kappa shape index (κ1) is 61.9. The molecule has 0 aliphatic rings. The van der Waals surface area contributed by atoms with Crippen LogP contribution in [-0.2, 0) is 14.2 Å². The molecule has 0 rings (SSSR count). The number of hydrogen-bond donors (Lipinski definition) is 0. The molecule has 0 atom stereocenters. The molecular formula is C20F42O3. The van der Waals surface area contributed by atoms with Crippen molar-refractivity contribution < 1.29 is 199 Å². The van der Waals surface area contributed by atoms with Crippen LogP contribution in [0.3, 0.4) is 0 Å². The highest BCUT2D eigenvalue weighted by molar-refractivity contribution is 5.12. The van der Waals surface area contributed by atoms with Gasteiger partial charge < -0.3 is 0 Å². The molecule has 0 amide bonds. The zero-order valence-corrected chi connectivity index (χ0v) is 27.1. The first-order chi connectivity index (χ1) is 27.1. The van der Waals surface area contributed by atoms with E-state index in [0.717, 1.165) is 0 Å². The minimum absolute atomic E-state index is 0.246. The van der Waals surface area contributed by atoms with Crippen molar-refractivity contribution in [2.75, 3.05) is 0 Å². The summed E-state index contributed by atoms with van der Waals surface area (Å²) in [6.45, 7) is 0. The number of hydrogen-bond acceptors (Lipinski definition) is 3. The van der Waals surface area contributed by atoms with Gasteiger partial charge >= 0.3 is 120 Å². The van der Waals surface area contributed by atoms with E-state index in [1.807, 2.05) is 0 Å². The molecule has 0 radical (unpaired) electrons. The minimum atomic E-state index is -11.2. The highest BCUT2D eigenvalue weighted by atomic mass is 19.5. The molecule has 0 aliphatic carbocycles. The lowest BCUT2D eigenvalue weighted by Crippen LogP contribution is -2.78. The molecule has 45 heteroatoms. The van der Waals surface area contributed by atoms with Crippen LogP contribution in [-0.4, -0.2) is 115 Å². The van der Waals surface area contributed by atoms with Gasteiger partial charge in [0.2, 0.25) is 0 Å². The Bertz CT molecular complexity index is 1500. The van der Waals surface area contributed by atoms with Gasteiger partial charge in [0.25, 0.3) is 0 Å². The molecule has 0 aromatic carbocycles. The van der Waals surface area contributed by atoms with Crippen LogP contribution in [0.1, 0.15) is 0 Å². The average molecular weight is 1090 g/mol. The van der Waals surface area contributed by atoms with E-state index in [1.165, 1.54) is 0 Å². The van der Waals surface area contributed by atoms with Crippen LogP contribution < -0.4 is 0 Å². The van der Waals surface area contributed by atoms with E-state index < -0.39 is 120 Å². The van der Waals surface area contributed by atoms with Crippen molar-refractivity contribution in [3.63, 3.8) is 0 Å². The predicted octanol–water partition coefficient (Wildman–Crippen LogP) is 13.5. The molecule has 0 fully saturated rings. The zero-order chi connectivity index (χ0) is 54.1. The van der Waals surface area contributed by atoms with Gasteiger partial charge in [0.1, 0.15) is 0 Å². The minimum Gasteiger partial charge on any atom is -0.249 e. The van der Waals surface area contributed by atoms with Crippen molar-refractivity contribution in [1.29, 1.82) is 0 Å². The molecule has 65 heavy (non-hydrogen) atoms. The summed E-state index contributed by atoms with van der Waals surface area (Å²) in [4.78, 5) is 0. The largest absolute Gasteiger partial charge is 0.460 e. The van der Waals surface area contributed by atoms with E-state index in [0.29, 0.717) is 0 Å². The second-order valence-electron chi connectivity index (χ2n) is 11.3. The highest BCUT2D eigenvalue weighted by Crippen LogP contribution is 2.72.